The summed E-state index contributed by atoms with van der Waals surface area (Å²) in [5.41, 5.74) is 16.1. The van der Waals surface area contributed by atoms with E-state index in [9.17, 15) is 0 Å². The standard InChI is InChI=1S/C12H10Si2/c1-7-13(5,8-2)11-12-14(6,9-3)10-4/h1-4H,5-6H3. The monoisotopic (exact) mass is 210 g/mol. The van der Waals surface area contributed by atoms with Crippen molar-refractivity contribution < 1.29 is 0 Å². The average Bonchev–Trinajstić information content (AvgIpc) is 2.25. The molecule has 66 valence electrons. The maximum atomic E-state index is 5.31. The Morgan fingerprint density at radius 2 is 0.857 bits per heavy atom. The van der Waals surface area contributed by atoms with E-state index >= 15 is 0 Å². The summed E-state index contributed by atoms with van der Waals surface area (Å²) in [6.45, 7) is 3.64. The van der Waals surface area contributed by atoms with Crippen molar-refractivity contribution in [1.29, 1.82) is 0 Å². The number of terminal acetylenes is 4. The van der Waals surface area contributed by atoms with Crippen LogP contribution >= 0.6 is 0 Å². The van der Waals surface area contributed by atoms with Crippen LogP contribution in [0, 0.1) is 59.0 Å². The first kappa shape index (κ1) is 12.2. The molecule has 0 aliphatic rings. The summed E-state index contributed by atoms with van der Waals surface area (Å²) in [4.78, 5) is 0. The van der Waals surface area contributed by atoms with Gasteiger partial charge in [0.1, 0.15) is 0 Å². The highest BCUT2D eigenvalue weighted by Gasteiger charge is 2.23. The van der Waals surface area contributed by atoms with Gasteiger partial charge in [0.25, 0.3) is 16.1 Å². The molecule has 0 nitrogen and oxygen atoms in total. The summed E-state index contributed by atoms with van der Waals surface area (Å²) in [7, 11) is -4.60. The van der Waals surface area contributed by atoms with Crippen LogP contribution in [0.2, 0.25) is 13.1 Å². The lowest BCUT2D eigenvalue weighted by molar-refractivity contribution is 2.08. The fourth-order valence-corrected chi connectivity index (χ4v) is 2.93. The van der Waals surface area contributed by atoms with Crippen molar-refractivity contribution in [2.45, 2.75) is 13.1 Å². The van der Waals surface area contributed by atoms with E-state index in [1.54, 1.807) is 0 Å². The van der Waals surface area contributed by atoms with Gasteiger partial charge in [0.15, 0.2) is 0 Å². The van der Waals surface area contributed by atoms with E-state index in [-0.39, 0.29) is 0 Å². The molecule has 0 spiro atoms. The molecular formula is C12H10Si2. The molecule has 0 saturated heterocycles. The molecule has 0 atom stereocenters. The van der Waals surface area contributed by atoms with Crippen molar-refractivity contribution in [3.8, 4) is 59.0 Å². The Morgan fingerprint density at radius 3 is 1.00 bits per heavy atom. The van der Waals surface area contributed by atoms with Gasteiger partial charge < -0.3 is 0 Å². The molecule has 0 saturated carbocycles. The first-order valence-corrected chi connectivity index (χ1v) is 8.90. The van der Waals surface area contributed by atoms with Crippen LogP contribution in [0.1, 0.15) is 0 Å². The molecular weight excluding hydrogens is 200 g/mol. The smallest absolute Gasteiger partial charge is 0.125 e. The van der Waals surface area contributed by atoms with Crippen molar-refractivity contribution in [2.75, 3.05) is 0 Å². The molecule has 0 aliphatic heterocycles. The van der Waals surface area contributed by atoms with E-state index in [1.807, 2.05) is 13.1 Å². The number of hydrogen-bond acceptors (Lipinski definition) is 0. The molecule has 0 fully saturated rings. The van der Waals surface area contributed by atoms with Gasteiger partial charge in [-0.15, -0.1) is 59.0 Å². The van der Waals surface area contributed by atoms with Crippen molar-refractivity contribution in [1.82, 2.24) is 0 Å². The van der Waals surface area contributed by atoms with E-state index < -0.39 is 16.1 Å². The molecule has 2 heteroatoms. The highest BCUT2D eigenvalue weighted by Crippen LogP contribution is 2.00. The zero-order valence-corrected chi connectivity index (χ0v) is 10.3. The summed E-state index contributed by atoms with van der Waals surface area (Å²) in [5, 5.41) is 0. The van der Waals surface area contributed by atoms with Crippen LogP contribution < -0.4 is 0 Å². The van der Waals surface area contributed by atoms with Gasteiger partial charge in [0.05, 0.1) is 0 Å². The van der Waals surface area contributed by atoms with Crippen molar-refractivity contribution in [3.63, 3.8) is 0 Å². The maximum Gasteiger partial charge on any atom is 0.286 e. The summed E-state index contributed by atoms with van der Waals surface area (Å²) in [6.07, 6.45) is 21.2. The number of hydrogen-bond donors (Lipinski definition) is 0. The Labute approximate surface area is 88.5 Å². The van der Waals surface area contributed by atoms with Gasteiger partial charge in [-0.3, -0.25) is 0 Å². The van der Waals surface area contributed by atoms with Crippen LogP contribution in [-0.4, -0.2) is 16.1 Å². The number of rotatable bonds is 0. The van der Waals surface area contributed by atoms with Crippen LogP contribution in [0.15, 0.2) is 0 Å². The minimum absolute atomic E-state index is 1.82. The Bertz CT molecular complexity index is 376. The highest BCUT2D eigenvalue weighted by molar-refractivity contribution is 7.04. The third-order valence-electron chi connectivity index (χ3n) is 1.72. The van der Waals surface area contributed by atoms with Crippen molar-refractivity contribution >= 4 is 16.1 Å². The van der Waals surface area contributed by atoms with Gasteiger partial charge >= 0.3 is 0 Å². The second kappa shape index (κ2) is 4.46. The molecule has 0 bridgehead atoms. The lowest BCUT2D eigenvalue weighted by atomic mass is 11.3. The van der Waals surface area contributed by atoms with Crippen LogP contribution in [0.4, 0.5) is 0 Å². The third-order valence-corrected chi connectivity index (χ3v) is 5.53. The van der Waals surface area contributed by atoms with Gasteiger partial charge in [-0.05, 0) is 13.1 Å². The van der Waals surface area contributed by atoms with Gasteiger partial charge in [-0.25, -0.2) is 0 Å². The van der Waals surface area contributed by atoms with Crippen LogP contribution in [0.3, 0.4) is 0 Å². The van der Waals surface area contributed by atoms with E-state index in [4.69, 9.17) is 25.7 Å². The first-order valence-electron chi connectivity index (χ1n) is 3.90. The van der Waals surface area contributed by atoms with E-state index in [1.165, 1.54) is 0 Å². The molecule has 0 aromatic carbocycles. The molecule has 0 unspecified atom stereocenters. The topological polar surface area (TPSA) is 0 Å². The Balaban J connectivity index is 5.19. The SMILES string of the molecule is C#C[Si](C)(C#C)C#C[Si](C)(C#C)C#C. The highest BCUT2D eigenvalue weighted by atomic mass is 28.3. The van der Waals surface area contributed by atoms with Crippen molar-refractivity contribution in [3.05, 3.63) is 0 Å². The normalized spacial score (nSPS) is 9.29. The van der Waals surface area contributed by atoms with E-state index in [0.717, 1.165) is 0 Å². The average molecular weight is 210 g/mol. The second-order valence-corrected chi connectivity index (χ2v) is 9.23. The van der Waals surface area contributed by atoms with Crippen LogP contribution in [0.5, 0.6) is 0 Å². The quantitative estimate of drug-likeness (QED) is 0.412. The van der Waals surface area contributed by atoms with Gasteiger partial charge in [-0.2, -0.15) is 0 Å². The van der Waals surface area contributed by atoms with Gasteiger partial charge in [0, 0.05) is 0 Å². The predicted octanol–water partition coefficient (Wildman–Crippen LogP) is 0.915. The van der Waals surface area contributed by atoms with Crippen LogP contribution in [0.25, 0.3) is 0 Å². The minimum atomic E-state index is -2.30. The minimum Gasteiger partial charge on any atom is -0.125 e. The molecule has 0 amide bonds. The summed E-state index contributed by atoms with van der Waals surface area (Å²) in [6, 6.07) is 0. The van der Waals surface area contributed by atoms with E-state index in [2.05, 4.69) is 33.3 Å². The van der Waals surface area contributed by atoms with Gasteiger partial charge in [-0.1, -0.05) is 0 Å². The molecule has 0 aliphatic carbocycles. The van der Waals surface area contributed by atoms with E-state index in [0.29, 0.717) is 0 Å². The predicted molar refractivity (Wildman–Crippen MR) is 66.3 cm³/mol. The summed E-state index contributed by atoms with van der Waals surface area (Å²) >= 11 is 0. The molecule has 0 N–H and O–H groups in total. The lowest BCUT2D eigenvalue weighted by Crippen LogP contribution is -2.29. The first-order chi connectivity index (χ1) is 6.45. The molecule has 0 heterocycles. The maximum absolute atomic E-state index is 5.31. The lowest BCUT2D eigenvalue weighted by Gasteiger charge is -2.06. The Morgan fingerprint density at radius 1 is 0.643 bits per heavy atom. The van der Waals surface area contributed by atoms with Crippen LogP contribution in [-0.2, 0) is 0 Å². The van der Waals surface area contributed by atoms with Crippen molar-refractivity contribution in [2.24, 2.45) is 0 Å². The molecule has 0 aromatic rings. The largest absolute Gasteiger partial charge is 0.286 e. The summed E-state index contributed by atoms with van der Waals surface area (Å²) in [5.74, 6) is 0. The molecule has 0 aromatic heterocycles. The Hall–Kier alpha value is -1.77. The molecule has 14 heavy (non-hydrogen) atoms. The fraction of sp³-hybridized carbons (Fsp3) is 0.167. The Kier molecular flexibility index (Phi) is 3.90. The van der Waals surface area contributed by atoms with Gasteiger partial charge in [0.2, 0.25) is 0 Å². The zero-order chi connectivity index (χ0) is 11.2. The summed E-state index contributed by atoms with van der Waals surface area (Å²) < 4.78 is 0. The fourth-order valence-electron chi connectivity index (χ4n) is 0.478. The zero-order valence-electron chi connectivity index (χ0n) is 8.31. The third kappa shape index (κ3) is 2.94. The second-order valence-electron chi connectivity index (χ2n) is 3.08. The molecule has 0 rings (SSSR count). The molecule has 0 radical (unpaired) electrons.